The lowest BCUT2D eigenvalue weighted by molar-refractivity contribution is 0.0636. The van der Waals surface area contributed by atoms with Gasteiger partial charge < -0.3 is 10.2 Å². The number of hydrogen-bond donors (Lipinski definition) is 1. The molecule has 1 atom stereocenters. The highest BCUT2D eigenvalue weighted by molar-refractivity contribution is 7.90. The summed E-state index contributed by atoms with van der Waals surface area (Å²) >= 11 is 0. The fourth-order valence-electron chi connectivity index (χ4n) is 3.95. The molecule has 1 saturated heterocycles. The highest BCUT2D eigenvalue weighted by Gasteiger charge is 2.27. The Bertz CT molecular complexity index is 1250. The summed E-state index contributed by atoms with van der Waals surface area (Å²) in [6.07, 6.45) is 5.88. The van der Waals surface area contributed by atoms with Crippen LogP contribution in [0.4, 0.5) is 11.4 Å². The third kappa shape index (κ3) is 4.86. The number of piperidine rings is 1. The van der Waals surface area contributed by atoms with Crippen LogP contribution in [-0.4, -0.2) is 48.0 Å². The molecule has 1 aliphatic rings. The molecule has 3 aromatic rings. The second-order valence-electron chi connectivity index (χ2n) is 8.14. The number of carbonyl (C=O) groups is 1. The molecule has 0 spiro atoms. The first-order chi connectivity index (χ1) is 14.7. The number of likely N-dealkylation sites (tertiary alicyclic amines) is 1. The Kier molecular flexibility index (Phi) is 7.05. The van der Waals surface area contributed by atoms with E-state index in [1.165, 1.54) is 6.26 Å². The van der Waals surface area contributed by atoms with Crippen molar-refractivity contribution in [1.29, 1.82) is 0 Å². The smallest absolute Gasteiger partial charge is 0.257 e. The summed E-state index contributed by atoms with van der Waals surface area (Å²) in [6, 6.07) is 10.5. The van der Waals surface area contributed by atoms with Crippen LogP contribution in [0.15, 0.2) is 47.5 Å². The fraction of sp³-hybridized carbons (Fsp3) is 0.348. The van der Waals surface area contributed by atoms with Gasteiger partial charge in [0.2, 0.25) is 0 Å². The van der Waals surface area contributed by atoms with Gasteiger partial charge in [-0.05, 0) is 69.5 Å². The second-order valence-corrected chi connectivity index (χ2v) is 10.2. The molecule has 170 valence electrons. The average Bonchev–Trinajstić information content (AvgIpc) is 2.73. The monoisotopic (exact) mass is 474 g/mol. The molecule has 0 radical (unpaired) electrons. The van der Waals surface area contributed by atoms with Crippen LogP contribution in [0.5, 0.6) is 0 Å². The molecule has 2 aromatic heterocycles. The number of aryl methyl sites for hydroxylation is 1. The van der Waals surface area contributed by atoms with E-state index >= 15 is 0 Å². The highest BCUT2D eigenvalue weighted by Crippen LogP contribution is 2.31. The predicted molar refractivity (Wildman–Crippen MR) is 129 cm³/mol. The normalized spacial score (nSPS) is 16.5. The van der Waals surface area contributed by atoms with Crippen LogP contribution in [0.3, 0.4) is 0 Å². The zero-order valence-corrected chi connectivity index (χ0v) is 20.0. The number of fused-ring (bicyclic) bond motifs is 1. The number of halogens is 1. The number of hydrogen-bond acceptors (Lipinski definition) is 6. The molecule has 0 aliphatic carbocycles. The van der Waals surface area contributed by atoms with E-state index in [0.717, 1.165) is 36.9 Å². The van der Waals surface area contributed by atoms with Gasteiger partial charge >= 0.3 is 0 Å². The molecule has 4 rings (SSSR count). The summed E-state index contributed by atoms with van der Waals surface area (Å²) < 4.78 is 23.5. The van der Waals surface area contributed by atoms with E-state index in [0.29, 0.717) is 22.6 Å². The Labute approximate surface area is 194 Å². The Balaban J connectivity index is 0.00000289. The molecule has 0 saturated carbocycles. The van der Waals surface area contributed by atoms with Gasteiger partial charge in [-0.2, -0.15) is 0 Å². The lowest BCUT2D eigenvalue weighted by Crippen LogP contribution is -2.42. The van der Waals surface area contributed by atoms with Crippen molar-refractivity contribution < 1.29 is 13.2 Å². The first-order valence-corrected chi connectivity index (χ1v) is 12.3. The van der Waals surface area contributed by atoms with Crippen LogP contribution in [0.25, 0.3) is 11.0 Å². The molecule has 0 bridgehead atoms. The van der Waals surface area contributed by atoms with Gasteiger partial charge in [0.25, 0.3) is 5.91 Å². The Morgan fingerprint density at radius 3 is 2.50 bits per heavy atom. The summed E-state index contributed by atoms with van der Waals surface area (Å²) in [5.74, 6) is -0.0579. The van der Waals surface area contributed by atoms with Crippen LogP contribution in [0.1, 0.15) is 42.2 Å². The third-order valence-electron chi connectivity index (χ3n) is 5.72. The third-order valence-corrected chi connectivity index (χ3v) is 6.84. The lowest BCUT2D eigenvalue weighted by atomic mass is 10.0. The van der Waals surface area contributed by atoms with Crippen LogP contribution in [-0.2, 0) is 9.84 Å². The van der Waals surface area contributed by atoms with Crippen molar-refractivity contribution in [2.24, 2.45) is 0 Å². The summed E-state index contributed by atoms with van der Waals surface area (Å²) in [5.41, 5.74) is 3.19. The molecule has 1 N–H and O–H groups in total. The van der Waals surface area contributed by atoms with E-state index in [2.05, 4.69) is 22.2 Å². The predicted octanol–water partition coefficient (Wildman–Crippen LogP) is 4.52. The van der Waals surface area contributed by atoms with E-state index < -0.39 is 9.84 Å². The topological polar surface area (TPSA) is 92.3 Å². The minimum Gasteiger partial charge on any atom is -0.354 e. The number of carbonyl (C=O) groups excluding carboxylic acids is 1. The van der Waals surface area contributed by atoms with E-state index in [9.17, 15) is 13.2 Å². The molecular formula is C23H27ClN4O3S. The number of pyridine rings is 2. The van der Waals surface area contributed by atoms with E-state index in [1.807, 2.05) is 24.0 Å². The van der Waals surface area contributed by atoms with Gasteiger partial charge in [-0.3, -0.25) is 4.79 Å². The van der Waals surface area contributed by atoms with Crippen LogP contribution in [0.2, 0.25) is 0 Å². The van der Waals surface area contributed by atoms with E-state index in [-0.39, 0.29) is 29.3 Å². The van der Waals surface area contributed by atoms with E-state index in [4.69, 9.17) is 0 Å². The van der Waals surface area contributed by atoms with Gasteiger partial charge in [-0.25, -0.2) is 18.4 Å². The number of benzene rings is 1. The molecule has 32 heavy (non-hydrogen) atoms. The number of nitrogens with one attached hydrogen (secondary N) is 1. The van der Waals surface area contributed by atoms with Gasteiger partial charge in [-0.1, -0.05) is 0 Å². The molecule has 1 aromatic carbocycles. The minimum absolute atomic E-state index is 0. The number of nitrogens with zero attached hydrogens (tertiary/aromatic N) is 3. The van der Waals surface area contributed by atoms with Gasteiger partial charge in [0.1, 0.15) is 0 Å². The molecule has 1 amide bonds. The van der Waals surface area contributed by atoms with Crippen molar-refractivity contribution in [3.05, 3.63) is 53.9 Å². The summed E-state index contributed by atoms with van der Waals surface area (Å²) in [4.78, 5) is 24.6. The first kappa shape index (κ1) is 23.9. The number of anilines is 2. The van der Waals surface area contributed by atoms with E-state index in [1.54, 1.807) is 30.5 Å². The molecule has 1 aliphatic heterocycles. The maximum Gasteiger partial charge on any atom is 0.257 e. The van der Waals surface area contributed by atoms with Crippen molar-refractivity contribution in [3.63, 3.8) is 0 Å². The van der Waals surface area contributed by atoms with Crippen molar-refractivity contribution in [3.8, 4) is 0 Å². The van der Waals surface area contributed by atoms with Gasteiger partial charge in [0, 0.05) is 41.8 Å². The minimum atomic E-state index is -3.28. The van der Waals surface area contributed by atoms with Gasteiger partial charge in [0.15, 0.2) is 15.5 Å². The lowest BCUT2D eigenvalue weighted by Gasteiger charge is -2.34. The fourth-order valence-corrected chi connectivity index (χ4v) is 4.58. The number of amides is 1. The van der Waals surface area contributed by atoms with Crippen molar-refractivity contribution in [1.82, 2.24) is 14.9 Å². The van der Waals surface area contributed by atoms with Gasteiger partial charge in [0.05, 0.1) is 16.1 Å². The Morgan fingerprint density at radius 2 is 1.84 bits per heavy atom. The maximum atomic E-state index is 13.5. The molecule has 1 fully saturated rings. The maximum absolute atomic E-state index is 13.5. The van der Waals surface area contributed by atoms with Crippen molar-refractivity contribution >= 4 is 50.6 Å². The SMILES string of the molecule is Cc1ccc2c(Nc3ccc(S(C)(=O)=O)cc3)c(C(=O)N3CCCCC3C)cnc2n1.Cl. The van der Waals surface area contributed by atoms with Crippen LogP contribution >= 0.6 is 12.4 Å². The number of rotatable bonds is 4. The van der Waals surface area contributed by atoms with Gasteiger partial charge in [-0.15, -0.1) is 12.4 Å². The summed E-state index contributed by atoms with van der Waals surface area (Å²) in [7, 11) is -3.28. The quantitative estimate of drug-likeness (QED) is 0.597. The summed E-state index contributed by atoms with van der Waals surface area (Å²) in [6.45, 7) is 4.70. The van der Waals surface area contributed by atoms with Crippen molar-refractivity contribution in [2.45, 2.75) is 44.0 Å². The zero-order chi connectivity index (χ0) is 22.2. The second kappa shape index (κ2) is 9.42. The standard InChI is InChI=1S/C23H26N4O3S.ClH/c1-15-7-12-19-21(26-17-8-10-18(11-9-17)31(3,29)30)20(14-24-22(19)25-15)23(28)27-13-5-4-6-16(27)2;/h7-12,14,16H,4-6,13H2,1-3H3,(H,24,25,26);1H. The van der Waals surface area contributed by atoms with Crippen LogP contribution in [0, 0.1) is 6.92 Å². The van der Waals surface area contributed by atoms with Crippen LogP contribution < -0.4 is 5.32 Å². The number of sulfone groups is 1. The zero-order valence-electron chi connectivity index (χ0n) is 18.3. The first-order valence-electron chi connectivity index (χ1n) is 10.4. The number of aromatic nitrogens is 2. The van der Waals surface area contributed by atoms with Crippen molar-refractivity contribution in [2.75, 3.05) is 18.1 Å². The molecule has 7 nitrogen and oxygen atoms in total. The molecular weight excluding hydrogens is 448 g/mol. The highest BCUT2D eigenvalue weighted by atomic mass is 35.5. The Hall–Kier alpha value is -2.71. The Morgan fingerprint density at radius 1 is 1.12 bits per heavy atom. The average molecular weight is 475 g/mol. The summed E-state index contributed by atoms with van der Waals surface area (Å²) in [5, 5.41) is 4.07. The largest absolute Gasteiger partial charge is 0.354 e. The molecule has 9 heteroatoms. The molecule has 3 heterocycles. The molecule has 1 unspecified atom stereocenters.